The molecule has 0 saturated carbocycles. The van der Waals surface area contributed by atoms with Crippen molar-refractivity contribution in [3.63, 3.8) is 0 Å². The van der Waals surface area contributed by atoms with E-state index in [1.165, 1.54) is 0 Å². The van der Waals surface area contributed by atoms with Crippen LogP contribution in [-0.4, -0.2) is 22.4 Å². The molecule has 0 amide bonds. The Labute approximate surface area is 85.2 Å². The number of rotatable bonds is 4. The van der Waals surface area contributed by atoms with E-state index in [-0.39, 0.29) is 5.92 Å². The zero-order chi connectivity index (χ0) is 10.6. The molecule has 0 aliphatic rings. The summed E-state index contributed by atoms with van der Waals surface area (Å²) in [5.41, 5.74) is 1.06. The van der Waals surface area contributed by atoms with Crippen molar-refractivity contribution in [1.82, 2.24) is 0 Å². The van der Waals surface area contributed by atoms with E-state index in [9.17, 15) is 10.2 Å². The zero-order valence-electron chi connectivity index (χ0n) is 8.72. The molecule has 1 aromatic rings. The van der Waals surface area contributed by atoms with Crippen LogP contribution in [0.25, 0.3) is 0 Å². The van der Waals surface area contributed by atoms with Crippen molar-refractivity contribution >= 4 is 0 Å². The molecule has 2 N–H and O–H groups in total. The third kappa shape index (κ3) is 3.13. The summed E-state index contributed by atoms with van der Waals surface area (Å²) in [5.74, 6) is 0.0914. The van der Waals surface area contributed by atoms with Gasteiger partial charge in [0.1, 0.15) is 0 Å². The van der Waals surface area contributed by atoms with E-state index < -0.39 is 12.2 Å². The van der Waals surface area contributed by atoms with Crippen molar-refractivity contribution in [2.45, 2.75) is 32.5 Å². The summed E-state index contributed by atoms with van der Waals surface area (Å²) in [6, 6.07) is 9.72. The standard InChI is InChI=1S/C12H18O2/c1-9(2)12(14)11(13)8-10-6-4-3-5-7-10/h3-7,9,11-14H,8H2,1-2H3/t11-,12-/m0/s1. The van der Waals surface area contributed by atoms with Crippen molar-refractivity contribution in [2.24, 2.45) is 5.92 Å². The van der Waals surface area contributed by atoms with Crippen LogP contribution in [0.4, 0.5) is 0 Å². The molecule has 0 fully saturated rings. The van der Waals surface area contributed by atoms with Gasteiger partial charge in [-0.2, -0.15) is 0 Å². The lowest BCUT2D eigenvalue weighted by molar-refractivity contribution is -0.00731. The number of benzene rings is 1. The van der Waals surface area contributed by atoms with Gasteiger partial charge in [-0.3, -0.25) is 0 Å². The second kappa shape index (κ2) is 5.13. The molecular weight excluding hydrogens is 176 g/mol. The minimum absolute atomic E-state index is 0.0914. The molecule has 0 aliphatic carbocycles. The van der Waals surface area contributed by atoms with Crippen molar-refractivity contribution < 1.29 is 10.2 Å². The highest BCUT2D eigenvalue weighted by Crippen LogP contribution is 2.11. The average molecular weight is 194 g/mol. The molecule has 0 unspecified atom stereocenters. The third-order valence-electron chi connectivity index (χ3n) is 2.36. The maximum Gasteiger partial charge on any atom is 0.0841 e. The van der Waals surface area contributed by atoms with Gasteiger partial charge in [0, 0.05) is 6.42 Å². The van der Waals surface area contributed by atoms with Gasteiger partial charge < -0.3 is 10.2 Å². The van der Waals surface area contributed by atoms with Gasteiger partial charge in [-0.15, -0.1) is 0 Å². The van der Waals surface area contributed by atoms with Gasteiger partial charge in [-0.1, -0.05) is 44.2 Å². The van der Waals surface area contributed by atoms with E-state index in [0.29, 0.717) is 6.42 Å². The Kier molecular flexibility index (Phi) is 4.11. The van der Waals surface area contributed by atoms with E-state index >= 15 is 0 Å². The molecule has 1 aromatic carbocycles. The van der Waals surface area contributed by atoms with E-state index in [1.807, 2.05) is 44.2 Å². The van der Waals surface area contributed by atoms with Gasteiger partial charge in [0.05, 0.1) is 12.2 Å². The Hall–Kier alpha value is -0.860. The van der Waals surface area contributed by atoms with Crippen LogP contribution in [0.2, 0.25) is 0 Å². The predicted molar refractivity (Wildman–Crippen MR) is 57.0 cm³/mol. The fraction of sp³-hybridized carbons (Fsp3) is 0.500. The van der Waals surface area contributed by atoms with Crippen molar-refractivity contribution in [3.05, 3.63) is 35.9 Å². The predicted octanol–water partition coefficient (Wildman–Crippen LogP) is 1.61. The summed E-state index contributed by atoms with van der Waals surface area (Å²) in [4.78, 5) is 0. The maximum absolute atomic E-state index is 9.69. The molecule has 0 aliphatic heterocycles. The number of aliphatic hydroxyl groups excluding tert-OH is 2. The molecule has 1 rings (SSSR count). The van der Waals surface area contributed by atoms with Crippen LogP contribution >= 0.6 is 0 Å². The van der Waals surface area contributed by atoms with E-state index in [1.54, 1.807) is 0 Å². The summed E-state index contributed by atoms with van der Waals surface area (Å²) < 4.78 is 0. The van der Waals surface area contributed by atoms with Crippen LogP contribution in [0.15, 0.2) is 30.3 Å². The summed E-state index contributed by atoms with van der Waals surface area (Å²) in [7, 11) is 0. The summed E-state index contributed by atoms with van der Waals surface area (Å²) in [5, 5.41) is 19.3. The Bertz CT molecular complexity index is 256. The van der Waals surface area contributed by atoms with Crippen LogP contribution in [0, 0.1) is 5.92 Å². The van der Waals surface area contributed by atoms with Gasteiger partial charge in [-0.25, -0.2) is 0 Å². The van der Waals surface area contributed by atoms with Gasteiger partial charge in [0.2, 0.25) is 0 Å². The molecule has 0 radical (unpaired) electrons. The lowest BCUT2D eigenvalue weighted by Gasteiger charge is -2.20. The van der Waals surface area contributed by atoms with Crippen LogP contribution in [0.1, 0.15) is 19.4 Å². The molecular formula is C12H18O2. The maximum atomic E-state index is 9.69. The van der Waals surface area contributed by atoms with Crippen molar-refractivity contribution in [1.29, 1.82) is 0 Å². The highest BCUT2D eigenvalue weighted by molar-refractivity contribution is 5.15. The lowest BCUT2D eigenvalue weighted by Crippen LogP contribution is -2.32. The smallest absolute Gasteiger partial charge is 0.0841 e. The molecule has 0 aromatic heterocycles. The van der Waals surface area contributed by atoms with Crippen LogP contribution in [-0.2, 0) is 6.42 Å². The summed E-state index contributed by atoms with van der Waals surface area (Å²) in [6.45, 7) is 3.80. The Morgan fingerprint density at radius 1 is 1.07 bits per heavy atom. The van der Waals surface area contributed by atoms with Gasteiger partial charge in [-0.05, 0) is 11.5 Å². The highest BCUT2D eigenvalue weighted by Gasteiger charge is 2.19. The fourth-order valence-corrected chi connectivity index (χ4v) is 1.42. The molecule has 2 nitrogen and oxygen atoms in total. The topological polar surface area (TPSA) is 40.5 Å². The van der Waals surface area contributed by atoms with E-state index in [0.717, 1.165) is 5.56 Å². The lowest BCUT2D eigenvalue weighted by atomic mass is 9.97. The number of aliphatic hydroxyl groups is 2. The Morgan fingerprint density at radius 2 is 1.64 bits per heavy atom. The molecule has 2 atom stereocenters. The van der Waals surface area contributed by atoms with Crippen LogP contribution in [0.3, 0.4) is 0 Å². The molecule has 78 valence electrons. The van der Waals surface area contributed by atoms with Crippen molar-refractivity contribution in [2.75, 3.05) is 0 Å². The van der Waals surface area contributed by atoms with Crippen molar-refractivity contribution in [3.8, 4) is 0 Å². The van der Waals surface area contributed by atoms with Gasteiger partial charge in [0.15, 0.2) is 0 Å². The Balaban J connectivity index is 2.53. The minimum atomic E-state index is -0.669. The Morgan fingerprint density at radius 3 is 2.14 bits per heavy atom. The SMILES string of the molecule is CC(C)[C@H](O)[C@@H](O)Cc1ccccc1. The second-order valence-electron chi connectivity index (χ2n) is 3.99. The minimum Gasteiger partial charge on any atom is -0.390 e. The van der Waals surface area contributed by atoms with Gasteiger partial charge >= 0.3 is 0 Å². The first-order chi connectivity index (χ1) is 6.61. The number of hydrogen-bond donors (Lipinski definition) is 2. The zero-order valence-corrected chi connectivity index (χ0v) is 8.72. The molecule has 0 saturated heterocycles. The monoisotopic (exact) mass is 194 g/mol. The first-order valence-corrected chi connectivity index (χ1v) is 5.01. The van der Waals surface area contributed by atoms with Crippen LogP contribution < -0.4 is 0 Å². The average Bonchev–Trinajstić information content (AvgIpc) is 2.18. The molecule has 0 bridgehead atoms. The molecule has 2 heteroatoms. The van der Waals surface area contributed by atoms with E-state index in [4.69, 9.17) is 0 Å². The quantitative estimate of drug-likeness (QED) is 0.764. The fourth-order valence-electron chi connectivity index (χ4n) is 1.42. The van der Waals surface area contributed by atoms with E-state index in [2.05, 4.69) is 0 Å². The third-order valence-corrected chi connectivity index (χ3v) is 2.36. The first-order valence-electron chi connectivity index (χ1n) is 5.01. The summed E-state index contributed by atoms with van der Waals surface area (Å²) in [6.07, 6.45) is -0.798. The largest absolute Gasteiger partial charge is 0.390 e. The molecule has 0 spiro atoms. The highest BCUT2D eigenvalue weighted by atomic mass is 16.3. The van der Waals surface area contributed by atoms with Crippen LogP contribution in [0.5, 0.6) is 0 Å². The first kappa shape index (κ1) is 11.2. The molecule has 14 heavy (non-hydrogen) atoms. The second-order valence-corrected chi connectivity index (χ2v) is 3.99. The number of hydrogen-bond acceptors (Lipinski definition) is 2. The normalized spacial score (nSPS) is 15.5. The summed E-state index contributed by atoms with van der Waals surface area (Å²) >= 11 is 0. The van der Waals surface area contributed by atoms with Gasteiger partial charge in [0.25, 0.3) is 0 Å². The molecule has 0 heterocycles.